The van der Waals surface area contributed by atoms with Gasteiger partial charge in [-0.3, -0.25) is 9.88 Å². The SMILES string of the molecule is CC(C)CC1OC(c2cncs2)=[C]N1c1ccco1. The Balaban J connectivity index is 1.88. The maximum atomic E-state index is 5.99. The Morgan fingerprint density at radius 1 is 1.53 bits per heavy atom. The van der Waals surface area contributed by atoms with Crippen molar-refractivity contribution in [1.82, 2.24) is 4.98 Å². The molecule has 1 aliphatic heterocycles. The van der Waals surface area contributed by atoms with Gasteiger partial charge in [0, 0.05) is 18.7 Å². The van der Waals surface area contributed by atoms with E-state index in [0.717, 1.165) is 22.9 Å². The second-order valence-corrected chi connectivity index (χ2v) is 5.72. The van der Waals surface area contributed by atoms with E-state index in [0.29, 0.717) is 5.92 Å². The van der Waals surface area contributed by atoms with Crippen molar-refractivity contribution in [3.8, 4) is 0 Å². The van der Waals surface area contributed by atoms with Gasteiger partial charge < -0.3 is 9.15 Å². The Bertz CT molecular complexity index is 546. The summed E-state index contributed by atoms with van der Waals surface area (Å²) >= 11 is 1.55. The molecule has 2 aromatic heterocycles. The average molecular weight is 275 g/mol. The minimum atomic E-state index is -0.0664. The lowest BCUT2D eigenvalue weighted by Crippen LogP contribution is -2.29. The van der Waals surface area contributed by atoms with Gasteiger partial charge in [-0.1, -0.05) is 13.8 Å². The second kappa shape index (κ2) is 5.09. The van der Waals surface area contributed by atoms with E-state index in [1.165, 1.54) is 0 Å². The van der Waals surface area contributed by atoms with Crippen LogP contribution in [0.5, 0.6) is 0 Å². The summed E-state index contributed by atoms with van der Waals surface area (Å²) in [7, 11) is 0. The maximum absolute atomic E-state index is 5.99. The lowest BCUT2D eigenvalue weighted by atomic mass is 10.1. The highest BCUT2D eigenvalue weighted by Gasteiger charge is 2.31. The predicted molar refractivity (Wildman–Crippen MR) is 74.3 cm³/mol. The zero-order valence-corrected chi connectivity index (χ0v) is 11.7. The lowest BCUT2D eigenvalue weighted by molar-refractivity contribution is 0.163. The van der Waals surface area contributed by atoms with Gasteiger partial charge in [-0.25, -0.2) is 0 Å². The number of furan rings is 1. The number of hydrogen-bond donors (Lipinski definition) is 0. The Labute approximate surface area is 116 Å². The highest BCUT2D eigenvalue weighted by atomic mass is 32.1. The van der Waals surface area contributed by atoms with E-state index in [1.54, 1.807) is 29.3 Å². The van der Waals surface area contributed by atoms with E-state index in [9.17, 15) is 0 Å². The van der Waals surface area contributed by atoms with E-state index in [1.807, 2.05) is 17.0 Å². The van der Waals surface area contributed by atoms with Gasteiger partial charge in [0.25, 0.3) is 0 Å². The molecule has 0 spiro atoms. The van der Waals surface area contributed by atoms with E-state index >= 15 is 0 Å². The Kier molecular flexibility index (Phi) is 3.29. The van der Waals surface area contributed by atoms with Gasteiger partial charge in [0.1, 0.15) is 6.20 Å². The first-order chi connectivity index (χ1) is 9.24. The molecule has 1 atom stereocenters. The van der Waals surface area contributed by atoms with Crippen LogP contribution >= 0.6 is 11.3 Å². The van der Waals surface area contributed by atoms with Crippen LogP contribution in [-0.4, -0.2) is 11.2 Å². The van der Waals surface area contributed by atoms with Crippen LogP contribution < -0.4 is 4.90 Å². The molecule has 0 N–H and O–H groups in total. The summed E-state index contributed by atoms with van der Waals surface area (Å²) in [6.07, 6.45) is 7.56. The van der Waals surface area contributed by atoms with Gasteiger partial charge in [0.05, 0.1) is 16.7 Å². The molecule has 0 bridgehead atoms. The quantitative estimate of drug-likeness (QED) is 0.852. The second-order valence-electron chi connectivity index (χ2n) is 4.83. The Hall–Kier alpha value is -1.75. The normalized spacial score (nSPS) is 18.8. The first-order valence-corrected chi connectivity index (χ1v) is 7.14. The van der Waals surface area contributed by atoms with Crippen molar-refractivity contribution >= 4 is 23.0 Å². The summed E-state index contributed by atoms with van der Waals surface area (Å²) < 4.78 is 11.4. The number of anilines is 1. The van der Waals surface area contributed by atoms with Crippen LogP contribution in [0.3, 0.4) is 0 Å². The number of nitrogens with zero attached hydrogens (tertiary/aromatic N) is 2. The Morgan fingerprint density at radius 3 is 3.05 bits per heavy atom. The first-order valence-electron chi connectivity index (χ1n) is 6.26. The fraction of sp³-hybridized carbons (Fsp3) is 0.357. The molecule has 1 aliphatic rings. The third-order valence-electron chi connectivity index (χ3n) is 2.84. The van der Waals surface area contributed by atoms with Crippen molar-refractivity contribution in [3.63, 3.8) is 0 Å². The smallest absolute Gasteiger partial charge is 0.202 e. The molecule has 3 rings (SSSR count). The number of ether oxygens (including phenoxy) is 1. The molecule has 1 unspecified atom stereocenters. The van der Waals surface area contributed by atoms with Crippen LogP contribution in [0.15, 0.2) is 34.5 Å². The standard InChI is InChI=1S/C14H15N2O2S/c1-10(2)6-14-16(13-4-3-5-17-13)8-11(18-14)12-7-15-9-19-12/h3-5,7,9-10,14H,6H2,1-2H3. The van der Waals surface area contributed by atoms with Crippen LogP contribution in [0.2, 0.25) is 0 Å². The van der Waals surface area contributed by atoms with Gasteiger partial charge in [-0.2, -0.15) is 0 Å². The molecule has 5 heteroatoms. The molecule has 3 heterocycles. The molecule has 2 aromatic rings. The van der Waals surface area contributed by atoms with Crippen LogP contribution in [0.1, 0.15) is 25.1 Å². The highest BCUT2D eigenvalue weighted by Crippen LogP contribution is 2.34. The summed E-state index contributed by atoms with van der Waals surface area (Å²) in [5.41, 5.74) is 1.79. The van der Waals surface area contributed by atoms with Crippen LogP contribution in [-0.2, 0) is 4.74 Å². The van der Waals surface area contributed by atoms with Crippen molar-refractivity contribution in [2.24, 2.45) is 5.92 Å². The van der Waals surface area contributed by atoms with Crippen molar-refractivity contribution in [1.29, 1.82) is 0 Å². The van der Waals surface area contributed by atoms with E-state index < -0.39 is 0 Å². The predicted octanol–water partition coefficient (Wildman–Crippen LogP) is 3.75. The fourth-order valence-corrected chi connectivity index (χ4v) is 2.56. The molecule has 0 saturated heterocycles. The minimum absolute atomic E-state index is 0.0664. The molecular formula is C14H15N2O2S. The zero-order chi connectivity index (χ0) is 13.2. The molecule has 1 radical (unpaired) electrons. The zero-order valence-electron chi connectivity index (χ0n) is 10.9. The average Bonchev–Trinajstić information content (AvgIpc) is 3.09. The number of rotatable bonds is 4. The molecule has 0 fully saturated rings. The number of thiazole rings is 1. The molecule has 4 nitrogen and oxygen atoms in total. The number of hydrogen-bond acceptors (Lipinski definition) is 5. The summed E-state index contributed by atoms with van der Waals surface area (Å²) in [5.74, 6) is 2.03. The van der Waals surface area contributed by atoms with E-state index in [-0.39, 0.29) is 6.23 Å². The molecule has 0 amide bonds. The lowest BCUT2D eigenvalue weighted by Gasteiger charge is -2.22. The van der Waals surface area contributed by atoms with Gasteiger partial charge in [0.2, 0.25) is 5.88 Å². The van der Waals surface area contributed by atoms with Crippen LogP contribution in [0.4, 0.5) is 5.88 Å². The van der Waals surface area contributed by atoms with Gasteiger partial charge >= 0.3 is 0 Å². The third-order valence-corrected chi connectivity index (χ3v) is 3.61. The van der Waals surface area contributed by atoms with Crippen molar-refractivity contribution in [2.45, 2.75) is 26.5 Å². The summed E-state index contributed by atoms with van der Waals surface area (Å²) in [6.45, 7) is 4.35. The summed E-state index contributed by atoms with van der Waals surface area (Å²) in [6, 6.07) is 3.79. The van der Waals surface area contributed by atoms with Crippen LogP contribution in [0, 0.1) is 12.1 Å². The largest absolute Gasteiger partial charge is 0.466 e. The van der Waals surface area contributed by atoms with Gasteiger partial charge in [0.15, 0.2) is 12.0 Å². The van der Waals surface area contributed by atoms with E-state index in [4.69, 9.17) is 9.15 Å². The number of aromatic nitrogens is 1. The third kappa shape index (κ3) is 2.51. The highest BCUT2D eigenvalue weighted by molar-refractivity contribution is 7.10. The van der Waals surface area contributed by atoms with Gasteiger partial charge in [-0.05, 0) is 12.0 Å². The molecule has 99 valence electrons. The summed E-state index contributed by atoms with van der Waals surface area (Å²) in [5, 5.41) is 0. The monoisotopic (exact) mass is 275 g/mol. The molecule has 0 aliphatic carbocycles. The maximum Gasteiger partial charge on any atom is 0.202 e. The molecule has 0 aromatic carbocycles. The Morgan fingerprint density at radius 2 is 2.42 bits per heavy atom. The van der Waals surface area contributed by atoms with E-state index in [2.05, 4.69) is 25.0 Å². The molecule has 0 saturated carbocycles. The minimum Gasteiger partial charge on any atom is -0.466 e. The fourth-order valence-electron chi connectivity index (χ4n) is 2.00. The molecule has 19 heavy (non-hydrogen) atoms. The topological polar surface area (TPSA) is 38.5 Å². The van der Waals surface area contributed by atoms with Gasteiger partial charge in [-0.15, -0.1) is 11.3 Å². The first kappa shape index (κ1) is 12.3. The molecular weight excluding hydrogens is 260 g/mol. The van der Waals surface area contributed by atoms with Crippen molar-refractivity contribution in [2.75, 3.05) is 4.90 Å². The van der Waals surface area contributed by atoms with Crippen molar-refractivity contribution in [3.05, 3.63) is 41.2 Å². The van der Waals surface area contributed by atoms with Crippen LogP contribution in [0.25, 0.3) is 5.76 Å². The summed E-state index contributed by atoms with van der Waals surface area (Å²) in [4.78, 5) is 6.99. The van der Waals surface area contributed by atoms with Crippen molar-refractivity contribution < 1.29 is 9.15 Å².